The second-order valence-corrected chi connectivity index (χ2v) is 11.2. The zero-order valence-corrected chi connectivity index (χ0v) is 18.1. The molecule has 2 atom stereocenters. The molecule has 2 aromatic rings. The Morgan fingerprint density at radius 3 is 2.50 bits per heavy atom. The molecule has 0 nitrogen and oxygen atoms in total. The summed E-state index contributed by atoms with van der Waals surface area (Å²) in [6, 6.07) is 13.5. The van der Waals surface area contributed by atoms with Crippen molar-refractivity contribution in [1.82, 2.24) is 0 Å². The van der Waals surface area contributed by atoms with Gasteiger partial charge in [0.25, 0.3) is 0 Å². The van der Waals surface area contributed by atoms with Gasteiger partial charge in [-0.15, -0.1) is 0 Å². The minimum atomic E-state index is -0.385. The molecule has 0 aromatic heterocycles. The van der Waals surface area contributed by atoms with Crippen molar-refractivity contribution in [2.24, 2.45) is 5.92 Å². The summed E-state index contributed by atoms with van der Waals surface area (Å²) >= 11 is 2.00. The Bertz CT molecular complexity index is 1080. The molecule has 0 N–H and O–H groups in total. The molecule has 2 aromatic carbocycles. The Hall–Kier alpha value is -1.77. The average Bonchev–Trinajstić information content (AvgIpc) is 3.21. The van der Waals surface area contributed by atoms with E-state index in [9.17, 15) is 0 Å². The van der Waals surface area contributed by atoms with Gasteiger partial charge >= 0.3 is 0 Å². The number of thioether (sulfide) groups is 1. The highest BCUT2D eigenvalue weighted by Gasteiger charge is 2.34. The third-order valence-electron chi connectivity index (χ3n) is 6.53. The summed E-state index contributed by atoms with van der Waals surface area (Å²) in [5.41, 5.74) is 8.48. The van der Waals surface area contributed by atoms with Crippen molar-refractivity contribution in [3.8, 4) is 0 Å². The summed E-state index contributed by atoms with van der Waals surface area (Å²) in [5, 5.41) is 4.47. The summed E-state index contributed by atoms with van der Waals surface area (Å²) < 4.78 is 0. The summed E-state index contributed by atoms with van der Waals surface area (Å²) in [6.07, 6.45) is 5.00. The van der Waals surface area contributed by atoms with Gasteiger partial charge in [-0.05, 0) is 60.0 Å². The minimum Gasteiger partial charge on any atom is -0.0983 e. The van der Waals surface area contributed by atoms with E-state index in [0.717, 1.165) is 0 Å². The molecule has 0 bridgehead atoms. The highest BCUT2D eigenvalue weighted by Crippen LogP contribution is 2.53. The molecule has 3 aliphatic rings. The van der Waals surface area contributed by atoms with E-state index in [1.54, 1.807) is 32.4 Å². The second kappa shape index (κ2) is 5.87. The number of fused-ring (bicyclic) bond motifs is 4. The van der Waals surface area contributed by atoms with Crippen molar-refractivity contribution >= 4 is 38.1 Å². The maximum absolute atomic E-state index is 2.54. The second-order valence-electron chi connectivity index (χ2n) is 7.96. The van der Waals surface area contributed by atoms with Crippen molar-refractivity contribution in [3.05, 3.63) is 85.3 Å². The van der Waals surface area contributed by atoms with Crippen LogP contribution in [0.15, 0.2) is 74.2 Å². The van der Waals surface area contributed by atoms with Crippen molar-refractivity contribution in [1.29, 1.82) is 0 Å². The maximum Gasteiger partial charge on any atom is 0.0675 e. The first-order chi connectivity index (χ1) is 12.5. The van der Waals surface area contributed by atoms with E-state index in [2.05, 4.69) is 76.2 Å². The SMILES string of the molecule is CC1=Cc2c(ccc3ccccc23)C1[SiH2]C1=C(C)C2C(=C1)SC(C)=C2C. The van der Waals surface area contributed by atoms with E-state index in [1.165, 1.54) is 21.2 Å². The average molecular weight is 373 g/mol. The van der Waals surface area contributed by atoms with Crippen LogP contribution in [0, 0.1) is 5.92 Å². The lowest BCUT2D eigenvalue weighted by molar-refractivity contribution is 0.901. The van der Waals surface area contributed by atoms with Crippen LogP contribution in [-0.2, 0) is 0 Å². The molecule has 0 fully saturated rings. The van der Waals surface area contributed by atoms with Crippen molar-refractivity contribution in [3.63, 3.8) is 0 Å². The molecule has 130 valence electrons. The van der Waals surface area contributed by atoms with E-state index < -0.39 is 0 Å². The molecular weight excluding hydrogens is 348 g/mol. The van der Waals surface area contributed by atoms with E-state index in [-0.39, 0.29) is 9.52 Å². The lowest BCUT2D eigenvalue weighted by Crippen LogP contribution is -2.11. The van der Waals surface area contributed by atoms with Gasteiger partial charge in [0, 0.05) is 10.8 Å². The summed E-state index contributed by atoms with van der Waals surface area (Å²) in [7, 11) is -0.385. The summed E-state index contributed by atoms with van der Waals surface area (Å²) in [4.78, 5) is 3.09. The molecule has 1 heterocycles. The Balaban J connectivity index is 1.54. The molecule has 0 spiro atoms. The van der Waals surface area contributed by atoms with Gasteiger partial charge < -0.3 is 0 Å². The third-order valence-corrected chi connectivity index (χ3v) is 10.4. The molecule has 0 saturated heterocycles. The van der Waals surface area contributed by atoms with Gasteiger partial charge in [0.2, 0.25) is 0 Å². The standard InChI is InChI=1S/C24H24SSi/c1-13-11-20-18-8-6-5-7-17(18)9-10-19(20)24(13)26-22-12-21-23(15(22)3)14(2)16(4)25-21/h5-12,23-24H,26H2,1-4H3. The van der Waals surface area contributed by atoms with Crippen LogP contribution in [0.2, 0.25) is 0 Å². The molecule has 2 aliphatic carbocycles. The van der Waals surface area contributed by atoms with E-state index >= 15 is 0 Å². The van der Waals surface area contributed by atoms with Crippen LogP contribution in [-0.4, -0.2) is 9.52 Å². The normalized spacial score (nSPS) is 24.8. The first kappa shape index (κ1) is 16.4. The van der Waals surface area contributed by atoms with Crippen LogP contribution in [0.4, 0.5) is 0 Å². The summed E-state index contributed by atoms with van der Waals surface area (Å²) in [6.45, 7) is 9.32. The van der Waals surface area contributed by atoms with E-state index in [4.69, 9.17) is 0 Å². The lowest BCUT2D eigenvalue weighted by atomic mass is 9.96. The number of rotatable bonds is 2. The molecule has 2 unspecified atom stereocenters. The van der Waals surface area contributed by atoms with Gasteiger partial charge in [-0.1, -0.05) is 82.2 Å². The van der Waals surface area contributed by atoms with Gasteiger partial charge in [0.15, 0.2) is 0 Å². The predicted molar refractivity (Wildman–Crippen MR) is 119 cm³/mol. The topological polar surface area (TPSA) is 0 Å². The fourth-order valence-corrected chi connectivity index (χ4v) is 8.69. The largest absolute Gasteiger partial charge is 0.0983 e. The van der Waals surface area contributed by atoms with Gasteiger partial charge in [-0.25, -0.2) is 0 Å². The Kier molecular flexibility index (Phi) is 3.70. The minimum absolute atomic E-state index is 0.385. The highest BCUT2D eigenvalue weighted by atomic mass is 32.2. The molecule has 1 aliphatic heterocycles. The van der Waals surface area contributed by atoms with E-state index in [1.807, 2.05) is 11.8 Å². The first-order valence-corrected chi connectivity index (χ1v) is 11.8. The zero-order valence-electron chi connectivity index (χ0n) is 15.9. The fraction of sp³-hybridized carbons (Fsp3) is 0.250. The molecule has 0 radical (unpaired) electrons. The summed E-state index contributed by atoms with van der Waals surface area (Å²) in [5.74, 6) is 0.601. The molecule has 5 rings (SSSR count). The monoisotopic (exact) mass is 372 g/mol. The third kappa shape index (κ3) is 2.28. The van der Waals surface area contributed by atoms with Gasteiger partial charge in [-0.3, -0.25) is 0 Å². The first-order valence-electron chi connectivity index (χ1n) is 9.51. The Labute approximate surface area is 162 Å². The number of hydrogen-bond acceptors (Lipinski definition) is 1. The molecule has 26 heavy (non-hydrogen) atoms. The fourth-order valence-electron chi connectivity index (χ4n) is 4.92. The van der Waals surface area contributed by atoms with Crippen molar-refractivity contribution in [2.75, 3.05) is 0 Å². The van der Waals surface area contributed by atoms with Gasteiger partial charge in [0.05, 0.1) is 9.52 Å². The highest BCUT2D eigenvalue weighted by molar-refractivity contribution is 8.07. The number of allylic oxidation sites excluding steroid dienone is 7. The lowest BCUT2D eigenvalue weighted by Gasteiger charge is -2.17. The van der Waals surface area contributed by atoms with Crippen LogP contribution in [0.3, 0.4) is 0 Å². The smallest absolute Gasteiger partial charge is 0.0675 e. The van der Waals surface area contributed by atoms with Crippen LogP contribution in [0.5, 0.6) is 0 Å². The van der Waals surface area contributed by atoms with Crippen LogP contribution >= 0.6 is 11.8 Å². The van der Waals surface area contributed by atoms with Gasteiger partial charge in [0.1, 0.15) is 0 Å². The maximum atomic E-state index is 2.54. The Morgan fingerprint density at radius 2 is 1.69 bits per heavy atom. The number of hydrogen-bond donors (Lipinski definition) is 0. The van der Waals surface area contributed by atoms with E-state index in [0.29, 0.717) is 11.5 Å². The van der Waals surface area contributed by atoms with Gasteiger partial charge in [-0.2, -0.15) is 0 Å². The van der Waals surface area contributed by atoms with Crippen molar-refractivity contribution in [2.45, 2.75) is 33.2 Å². The van der Waals surface area contributed by atoms with Crippen LogP contribution in [0.1, 0.15) is 44.4 Å². The van der Waals surface area contributed by atoms with Crippen molar-refractivity contribution < 1.29 is 0 Å². The quantitative estimate of drug-likeness (QED) is 0.558. The van der Waals surface area contributed by atoms with Crippen LogP contribution in [0.25, 0.3) is 16.8 Å². The zero-order chi connectivity index (χ0) is 18.0. The predicted octanol–water partition coefficient (Wildman–Crippen LogP) is 6.30. The molecular formula is C24H24SSi. The molecule has 0 saturated carbocycles. The molecule has 2 heteroatoms. The molecule has 0 amide bonds. The van der Waals surface area contributed by atoms with Crippen LogP contribution < -0.4 is 0 Å². The number of benzene rings is 2. The Morgan fingerprint density at radius 1 is 0.885 bits per heavy atom.